The minimum absolute atomic E-state index is 0.146. The Bertz CT molecular complexity index is 1080. The van der Waals surface area contributed by atoms with Crippen LogP contribution in [0, 0.1) is 20.8 Å². The molecule has 0 bridgehead atoms. The van der Waals surface area contributed by atoms with E-state index in [-0.39, 0.29) is 35.9 Å². The fourth-order valence-corrected chi connectivity index (χ4v) is 3.95. The van der Waals surface area contributed by atoms with Crippen molar-refractivity contribution in [2.45, 2.75) is 39.1 Å². The molecule has 0 aliphatic heterocycles. The Kier molecular flexibility index (Phi) is 7.74. The van der Waals surface area contributed by atoms with Gasteiger partial charge in [0.15, 0.2) is 11.6 Å². The molecule has 0 radical (unpaired) electrons. The van der Waals surface area contributed by atoms with Crippen molar-refractivity contribution in [2.24, 2.45) is 7.05 Å². The zero-order valence-corrected chi connectivity index (χ0v) is 18.9. The third kappa shape index (κ3) is 5.79. The second-order valence-electron chi connectivity index (χ2n) is 6.81. The highest BCUT2D eigenvalue weighted by Crippen LogP contribution is 2.19. The molecule has 0 saturated heterocycles. The molecule has 0 atom stereocenters. The number of ether oxygens (including phenoxy) is 2. The van der Waals surface area contributed by atoms with E-state index in [0.29, 0.717) is 17.1 Å². The first-order chi connectivity index (χ1) is 14.5. The van der Waals surface area contributed by atoms with Gasteiger partial charge in [-0.3, -0.25) is 9.59 Å². The summed E-state index contributed by atoms with van der Waals surface area (Å²) in [6.45, 7) is 6.01. The average Bonchev–Trinajstić information content (AvgIpc) is 3.19. The van der Waals surface area contributed by atoms with Gasteiger partial charge in [-0.1, -0.05) is 0 Å². The second-order valence-corrected chi connectivity index (χ2v) is 8.53. The summed E-state index contributed by atoms with van der Waals surface area (Å²) in [5.74, 6) is -1.28. The smallest absolute Gasteiger partial charge is 0.355 e. The number of ketones is 1. The van der Waals surface area contributed by atoms with E-state index in [4.69, 9.17) is 9.47 Å². The van der Waals surface area contributed by atoms with Gasteiger partial charge in [0.2, 0.25) is 5.78 Å². The van der Waals surface area contributed by atoms with E-state index in [9.17, 15) is 22.8 Å². The predicted molar refractivity (Wildman–Crippen MR) is 109 cm³/mol. The number of carbonyl (C=O) groups excluding carboxylic acids is 3. The third-order valence-electron chi connectivity index (χ3n) is 4.54. The van der Waals surface area contributed by atoms with E-state index < -0.39 is 34.4 Å². The van der Waals surface area contributed by atoms with Gasteiger partial charge in [0.05, 0.1) is 13.0 Å². The van der Waals surface area contributed by atoms with E-state index in [1.807, 2.05) is 0 Å². The number of Topliss-reactive ketones (excluding diaryl/α,β-unsaturated/α-hetero) is 1. The summed E-state index contributed by atoms with van der Waals surface area (Å²) in [7, 11) is -2.19. The van der Waals surface area contributed by atoms with Crippen molar-refractivity contribution < 1.29 is 32.3 Å². The Morgan fingerprint density at radius 2 is 1.87 bits per heavy atom. The van der Waals surface area contributed by atoms with Crippen LogP contribution in [0.1, 0.15) is 51.3 Å². The van der Waals surface area contributed by atoms with Crippen LogP contribution >= 0.6 is 0 Å². The monoisotopic (exact) mass is 454 g/mol. The van der Waals surface area contributed by atoms with Gasteiger partial charge in [0.25, 0.3) is 10.0 Å². The lowest BCUT2D eigenvalue weighted by atomic mass is 10.1. The minimum Gasteiger partial charge on any atom is -0.461 e. The lowest BCUT2D eigenvalue weighted by Crippen LogP contribution is -2.27. The van der Waals surface area contributed by atoms with Crippen LogP contribution in [-0.2, 0) is 31.3 Å². The minimum atomic E-state index is -3.86. The lowest BCUT2D eigenvalue weighted by Gasteiger charge is -2.06. The number of imidazole rings is 1. The van der Waals surface area contributed by atoms with Gasteiger partial charge in [-0.25, -0.2) is 22.9 Å². The average molecular weight is 455 g/mol. The van der Waals surface area contributed by atoms with Crippen molar-refractivity contribution in [1.82, 2.24) is 19.3 Å². The third-order valence-corrected chi connectivity index (χ3v) is 5.87. The zero-order chi connectivity index (χ0) is 23.3. The van der Waals surface area contributed by atoms with Crippen LogP contribution in [0.15, 0.2) is 11.2 Å². The fraction of sp³-hybridized carbons (Fsp3) is 0.474. The molecule has 2 rings (SSSR count). The van der Waals surface area contributed by atoms with Crippen LogP contribution in [0.25, 0.3) is 0 Å². The molecule has 2 aromatic rings. The Morgan fingerprint density at radius 1 is 1.19 bits per heavy atom. The molecule has 2 aromatic heterocycles. The number of aryl methyl sites for hydroxylation is 3. The molecule has 0 amide bonds. The first-order valence-corrected chi connectivity index (χ1v) is 11.0. The molecule has 0 aliphatic rings. The summed E-state index contributed by atoms with van der Waals surface area (Å²) < 4.78 is 38.1. The number of hydrogen-bond acceptors (Lipinski definition) is 8. The predicted octanol–water partition coefficient (Wildman–Crippen LogP) is 0.945. The summed E-state index contributed by atoms with van der Waals surface area (Å²) >= 11 is 0. The second kappa shape index (κ2) is 9.88. The van der Waals surface area contributed by atoms with Crippen LogP contribution in [-0.4, -0.2) is 60.4 Å². The number of aromatic amines is 1. The van der Waals surface area contributed by atoms with Crippen molar-refractivity contribution in [1.29, 1.82) is 0 Å². The number of rotatable bonds is 10. The number of nitrogens with one attached hydrogen (secondary N) is 2. The highest BCUT2D eigenvalue weighted by atomic mass is 32.2. The van der Waals surface area contributed by atoms with Crippen LogP contribution in [0.3, 0.4) is 0 Å². The molecule has 2 heterocycles. The van der Waals surface area contributed by atoms with E-state index in [1.54, 1.807) is 39.3 Å². The van der Waals surface area contributed by atoms with E-state index >= 15 is 0 Å². The molecule has 0 fully saturated rings. The maximum Gasteiger partial charge on any atom is 0.355 e. The molecule has 0 saturated carbocycles. The van der Waals surface area contributed by atoms with Crippen molar-refractivity contribution in [3.05, 3.63) is 34.5 Å². The van der Waals surface area contributed by atoms with Gasteiger partial charge in [0.1, 0.15) is 11.5 Å². The van der Waals surface area contributed by atoms with Crippen LogP contribution < -0.4 is 4.72 Å². The van der Waals surface area contributed by atoms with Crippen molar-refractivity contribution >= 4 is 27.7 Å². The number of H-pyrrole nitrogens is 1. The molecule has 31 heavy (non-hydrogen) atoms. The molecule has 11 nitrogen and oxygen atoms in total. The maximum atomic E-state index is 12.5. The lowest BCUT2D eigenvalue weighted by molar-refractivity contribution is -0.142. The Labute approximate surface area is 180 Å². The summed E-state index contributed by atoms with van der Waals surface area (Å²) in [6, 6.07) is 0. The topological polar surface area (TPSA) is 149 Å². The summed E-state index contributed by atoms with van der Waals surface area (Å²) in [5.41, 5.74) is 1.30. The molecule has 0 spiro atoms. The van der Waals surface area contributed by atoms with Gasteiger partial charge in [-0.2, -0.15) is 0 Å². The van der Waals surface area contributed by atoms with E-state index in [2.05, 4.69) is 14.7 Å². The Morgan fingerprint density at radius 3 is 2.45 bits per heavy atom. The molecule has 2 N–H and O–H groups in total. The molecule has 0 aromatic carbocycles. The summed E-state index contributed by atoms with van der Waals surface area (Å²) in [5, 5.41) is -0.146. The number of hydrogen-bond donors (Lipinski definition) is 2. The van der Waals surface area contributed by atoms with E-state index in [0.717, 1.165) is 0 Å². The zero-order valence-electron chi connectivity index (χ0n) is 18.1. The van der Waals surface area contributed by atoms with Gasteiger partial charge >= 0.3 is 11.9 Å². The quantitative estimate of drug-likeness (QED) is 0.398. The first kappa shape index (κ1) is 24.3. The highest BCUT2D eigenvalue weighted by molar-refractivity contribution is 7.89. The van der Waals surface area contributed by atoms with Gasteiger partial charge in [-0.05, 0) is 33.3 Å². The summed E-state index contributed by atoms with van der Waals surface area (Å²) in [4.78, 5) is 43.1. The molecule has 12 heteroatoms. The van der Waals surface area contributed by atoms with Gasteiger partial charge < -0.3 is 19.0 Å². The van der Waals surface area contributed by atoms with Crippen LogP contribution in [0.5, 0.6) is 0 Å². The normalized spacial score (nSPS) is 11.4. The SMILES string of the molecule is CCOC(=O)c1[nH]c(C)c(C(=O)COC(=O)CCNS(=O)(=O)c2cn(C)c(C)n2)c1C. The van der Waals surface area contributed by atoms with Crippen LogP contribution in [0.4, 0.5) is 0 Å². The molecular formula is C19H26N4O7S. The Balaban J connectivity index is 1.89. The first-order valence-electron chi connectivity index (χ1n) is 9.52. The van der Waals surface area contributed by atoms with Gasteiger partial charge in [-0.15, -0.1) is 0 Å². The van der Waals surface area contributed by atoms with Crippen LogP contribution in [0.2, 0.25) is 0 Å². The van der Waals surface area contributed by atoms with E-state index in [1.165, 1.54) is 6.20 Å². The maximum absolute atomic E-state index is 12.5. The largest absolute Gasteiger partial charge is 0.461 e. The van der Waals surface area contributed by atoms with Crippen molar-refractivity contribution in [2.75, 3.05) is 19.8 Å². The Hall–Kier alpha value is -2.99. The number of esters is 2. The molecular weight excluding hydrogens is 428 g/mol. The van der Waals surface area contributed by atoms with Gasteiger partial charge in [0, 0.05) is 31.0 Å². The highest BCUT2D eigenvalue weighted by Gasteiger charge is 2.24. The number of carbonyl (C=O) groups is 3. The standard InChI is InChI=1S/C19H26N4O7S/c1-6-29-19(26)18-11(2)17(12(3)21-18)14(24)10-30-16(25)7-8-20-31(27,28)15-9-23(5)13(4)22-15/h9,20-21H,6-8,10H2,1-5H3. The molecule has 0 unspecified atom stereocenters. The number of aromatic nitrogens is 3. The fourth-order valence-electron chi connectivity index (χ4n) is 2.88. The molecule has 170 valence electrons. The summed E-state index contributed by atoms with van der Waals surface area (Å²) in [6.07, 6.45) is 1.10. The van der Waals surface area contributed by atoms with Crippen molar-refractivity contribution in [3.63, 3.8) is 0 Å². The van der Waals surface area contributed by atoms with Crippen molar-refractivity contribution in [3.8, 4) is 0 Å². The number of nitrogens with zero attached hydrogens (tertiary/aromatic N) is 2. The molecule has 0 aliphatic carbocycles. The number of sulfonamides is 1.